The number of amides is 1. The van der Waals surface area contributed by atoms with Crippen LogP contribution in [0.25, 0.3) is 6.08 Å². The van der Waals surface area contributed by atoms with E-state index >= 15 is 0 Å². The fourth-order valence-electron chi connectivity index (χ4n) is 2.58. The van der Waals surface area contributed by atoms with Crippen molar-refractivity contribution in [1.29, 1.82) is 0 Å². The number of thioether (sulfide) groups is 1. The monoisotopic (exact) mass is 431 g/mol. The second kappa shape index (κ2) is 8.97. The van der Waals surface area contributed by atoms with Crippen LogP contribution in [0, 0.1) is 0 Å². The van der Waals surface area contributed by atoms with Gasteiger partial charge in [0.05, 0.1) is 17.2 Å². The number of anilines is 1. The zero-order valence-electron chi connectivity index (χ0n) is 15.3. The molecule has 0 spiro atoms. The van der Waals surface area contributed by atoms with Gasteiger partial charge >= 0.3 is 5.97 Å². The van der Waals surface area contributed by atoms with Gasteiger partial charge in [-0.1, -0.05) is 30.0 Å². The van der Waals surface area contributed by atoms with Crippen LogP contribution < -0.4 is 14.4 Å². The van der Waals surface area contributed by atoms with Crippen molar-refractivity contribution in [2.24, 2.45) is 0 Å². The highest BCUT2D eigenvalue weighted by Gasteiger charge is 2.33. The van der Waals surface area contributed by atoms with Crippen molar-refractivity contribution in [1.82, 2.24) is 0 Å². The van der Waals surface area contributed by atoms with Crippen molar-refractivity contribution in [3.63, 3.8) is 0 Å². The predicted molar refractivity (Wildman–Crippen MR) is 115 cm³/mol. The Balaban J connectivity index is 1.86. The van der Waals surface area contributed by atoms with E-state index in [1.165, 1.54) is 28.8 Å². The molecular weight excluding hydrogens is 414 g/mol. The smallest absolute Gasteiger partial charge is 0.341 e. The minimum atomic E-state index is -1.09. The SMILES string of the molecule is CCOc1cc(/C=C2/SC(=S)N(c3ccc(O)cc3)C2=O)ccc1OCC(=O)O. The Bertz CT molecular complexity index is 987. The summed E-state index contributed by atoms with van der Waals surface area (Å²) in [5.74, 6) is -0.563. The summed E-state index contributed by atoms with van der Waals surface area (Å²) in [5.41, 5.74) is 1.25. The maximum atomic E-state index is 12.8. The van der Waals surface area contributed by atoms with Crippen LogP contribution in [0.5, 0.6) is 17.2 Å². The van der Waals surface area contributed by atoms with E-state index in [4.69, 9.17) is 26.8 Å². The Morgan fingerprint density at radius 2 is 1.90 bits per heavy atom. The van der Waals surface area contributed by atoms with Crippen LogP contribution in [-0.4, -0.2) is 39.6 Å². The molecule has 0 saturated carbocycles. The second-order valence-corrected chi connectivity index (χ2v) is 7.53. The number of aliphatic carboxylic acids is 1. The average Bonchev–Trinajstić information content (AvgIpc) is 2.95. The third-order valence-electron chi connectivity index (χ3n) is 3.82. The first-order chi connectivity index (χ1) is 13.9. The number of phenols is 1. The van der Waals surface area contributed by atoms with Gasteiger partial charge in [0.25, 0.3) is 5.91 Å². The largest absolute Gasteiger partial charge is 0.508 e. The second-order valence-electron chi connectivity index (χ2n) is 5.86. The van der Waals surface area contributed by atoms with Gasteiger partial charge in [0.15, 0.2) is 22.4 Å². The number of hydrogen-bond acceptors (Lipinski definition) is 7. The topological polar surface area (TPSA) is 96.3 Å². The first-order valence-corrected chi connectivity index (χ1v) is 9.80. The lowest BCUT2D eigenvalue weighted by Crippen LogP contribution is -2.27. The molecule has 0 unspecified atom stereocenters. The number of ether oxygens (including phenoxy) is 2. The Labute approximate surface area is 176 Å². The third-order valence-corrected chi connectivity index (χ3v) is 5.12. The molecule has 1 amide bonds. The van der Waals surface area contributed by atoms with E-state index in [0.29, 0.717) is 38.6 Å². The number of hydrogen-bond donors (Lipinski definition) is 2. The summed E-state index contributed by atoms with van der Waals surface area (Å²) in [6, 6.07) is 11.2. The van der Waals surface area contributed by atoms with Crippen LogP contribution in [0.3, 0.4) is 0 Å². The summed E-state index contributed by atoms with van der Waals surface area (Å²) in [4.78, 5) is 25.4. The van der Waals surface area contributed by atoms with Crippen molar-refractivity contribution in [3.05, 3.63) is 52.9 Å². The molecule has 2 aromatic rings. The summed E-state index contributed by atoms with van der Waals surface area (Å²) in [5, 5.41) is 18.2. The number of rotatable bonds is 7. The molecule has 0 aliphatic carbocycles. The normalized spacial score (nSPS) is 15.1. The zero-order valence-corrected chi connectivity index (χ0v) is 17.0. The molecule has 1 aliphatic heterocycles. The van der Waals surface area contributed by atoms with Gasteiger partial charge in [-0.05, 0) is 55.0 Å². The molecule has 7 nitrogen and oxygen atoms in total. The number of aromatic hydroxyl groups is 1. The van der Waals surface area contributed by atoms with Crippen molar-refractivity contribution < 1.29 is 29.3 Å². The lowest BCUT2D eigenvalue weighted by atomic mass is 10.1. The lowest BCUT2D eigenvalue weighted by molar-refractivity contribution is -0.139. The zero-order chi connectivity index (χ0) is 21.0. The van der Waals surface area contributed by atoms with Gasteiger partial charge in [-0.3, -0.25) is 9.69 Å². The van der Waals surface area contributed by atoms with E-state index in [-0.39, 0.29) is 11.7 Å². The molecule has 2 aromatic carbocycles. The van der Waals surface area contributed by atoms with Gasteiger partial charge in [-0.15, -0.1) is 0 Å². The maximum absolute atomic E-state index is 12.8. The van der Waals surface area contributed by atoms with E-state index in [0.717, 1.165) is 0 Å². The molecule has 0 aromatic heterocycles. The van der Waals surface area contributed by atoms with Crippen LogP contribution in [-0.2, 0) is 9.59 Å². The van der Waals surface area contributed by atoms with Crippen LogP contribution >= 0.6 is 24.0 Å². The number of carbonyl (C=O) groups excluding carboxylic acids is 1. The number of carbonyl (C=O) groups is 2. The van der Waals surface area contributed by atoms with Gasteiger partial charge in [0.2, 0.25) is 0 Å². The Kier molecular flexibility index (Phi) is 6.40. The van der Waals surface area contributed by atoms with Crippen molar-refractivity contribution in [3.8, 4) is 17.2 Å². The van der Waals surface area contributed by atoms with Crippen LogP contribution in [0.4, 0.5) is 5.69 Å². The molecule has 1 fully saturated rings. The highest BCUT2D eigenvalue weighted by atomic mass is 32.2. The molecule has 9 heteroatoms. The van der Waals surface area contributed by atoms with Gasteiger partial charge in [-0.25, -0.2) is 4.79 Å². The molecule has 0 atom stereocenters. The molecule has 29 heavy (non-hydrogen) atoms. The minimum absolute atomic E-state index is 0.100. The highest BCUT2D eigenvalue weighted by Crippen LogP contribution is 2.37. The van der Waals surface area contributed by atoms with Crippen LogP contribution in [0.1, 0.15) is 12.5 Å². The number of thiocarbonyl (C=S) groups is 1. The standard InChI is InChI=1S/C20H17NO6S2/c1-2-26-16-9-12(3-8-15(16)27-11-18(23)24)10-17-19(25)21(20(28)29-17)13-4-6-14(22)7-5-13/h3-10,22H,2,11H2,1H3,(H,23,24)/b17-10+. The first kappa shape index (κ1) is 20.7. The van der Waals surface area contributed by atoms with E-state index < -0.39 is 12.6 Å². The summed E-state index contributed by atoms with van der Waals surface area (Å²) in [6.07, 6.45) is 1.68. The van der Waals surface area contributed by atoms with Crippen molar-refractivity contribution in [2.75, 3.05) is 18.1 Å². The minimum Gasteiger partial charge on any atom is -0.508 e. The number of nitrogens with zero attached hydrogens (tertiary/aromatic N) is 1. The highest BCUT2D eigenvalue weighted by molar-refractivity contribution is 8.27. The third kappa shape index (κ3) is 4.87. The molecule has 150 valence electrons. The molecule has 2 N–H and O–H groups in total. The molecule has 0 radical (unpaired) electrons. The summed E-state index contributed by atoms with van der Waals surface area (Å²) >= 11 is 6.51. The molecule has 1 heterocycles. The number of carboxylic acid groups (broad SMARTS) is 1. The van der Waals surface area contributed by atoms with Crippen LogP contribution in [0.15, 0.2) is 47.4 Å². The van der Waals surface area contributed by atoms with E-state index in [1.54, 1.807) is 43.3 Å². The maximum Gasteiger partial charge on any atom is 0.341 e. The van der Waals surface area contributed by atoms with Gasteiger partial charge in [-0.2, -0.15) is 0 Å². The summed E-state index contributed by atoms with van der Waals surface area (Å²) in [6.45, 7) is 1.69. The van der Waals surface area contributed by atoms with Gasteiger partial charge < -0.3 is 19.7 Å². The van der Waals surface area contributed by atoms with E-state index in [1.807, 2.05) is 0 Å². The Morgan fingerprint density at radius 1 is 1.17 bits per heavy atom. The number of carboxylic acids is 1. The molecule has 0 bridgehead atoms. The van der Waals surface area contributed by atoms with Crippen LogP contribution in [0.2, 0.25) is 0 Å². The Hall–Kier alpha value is -3.04. The van der Waals surface area contributed by atoms with E-state index in [2.05, 4.69) is 0 Å². The lowest BCUT2D eigenvalue weighted by Gasteiger charge is -2.14. The predicted octanol–water partition coefficient (Wildman–Crippen LogP) is 3.66. The van der Waals surface area contributed by atoms with Crippen molar-refractivity contribution >= 4 is 51.9 Å². The van der Waals surface area contributed by atoms with E-state index in [9.17, 15) is 14.7 Å². The molecule has 3 rings (SSSR count). The number of phenolic OH excluding ortho intramolecular Hbond substituents is 1. The average molecular weight is 431 g/mol. The molecular formula is C20H17NO6S2. The number of benzene rings is 2. The van der Waals surface area contributed by atoms with Crippen molar-refractivity contribution in [2.45, 2.75) is 6.92 Å². The fraction of sp³-hybridized carbons (Fsp3) is 0.150. The summed E-state index contributed by atoms with van der Waals surface area (Å²) < 4.78 is 11.1. The molecule has 1 saturated heterocycles. The van der Waals surface area contributed by atoms with Gasteiger partial charge in [0, 0.05) is 0 Å². The quantitative estimate of drug-likeness (QED) is 0.507. The Morgan fingerprint density at radius 3 is 2.55 bits per heavy atom. The summed E-state index contributed by atoms with van der Waals surface area (Å²) in [7, 11) is 0. The fourth-order valence-corrected chi connectivity index (χ4v) is 3.88. The first-order valence-electron chi connectivity index (χ1n) is 8.57. The molecule has 1 aliphatic rings. The van der Waals surface area contributed by atoms with Gasteiger partial charge in [0.1, 0.15) is 5.75 Å².